The largest absolute Gasteiger partial charge is 0.480 e. The first-order valence-corrected chi connectivity index (χ1v) is 5.08. The van der Waals surface area contributed by atoms with Crippen molar-refractivity contribution in [3.05, 3.63) is 0 Å². The summed E-state index contributed by atoms with van der Waals surface area (Å²) in [5.74, 6) is -1.82. The molecule has 0 aliphatic carbocycles. The third-order valence-corrected chi connectivity index (χ3v) is 2.01. The molecule has 6 N–H and O–H groups in total. The summed E-state index contributed by atoms with van der Waals surface area (Å²) in [6.45, 7) is 7.11. The van der Waals surface area contributed by atoms with E-state index in [0.717, 1.165) is 0 Å². The van der Waals surface area contributed by atoms with Gasteiger partial charge < -0.3 is 21.7 Å². The number of rotatable bonds is 4. The normalized spacial score (nSPS) is 13.2. The minimum absolute atomic E-state index is 0. The van der Waals surface area contributed by atoms with Crippen LogP contribution in [-0.2, 0) is 9.59 Å². The van der Waals surface area contributed by atoms with Crippen molar-refractivity contribution in [1.82, 2.24) is 0 Å². The van der Waals surface area contributed by atoms with Crippen LogP contribution in [0.3, 0.4) is 0 Å². The fraction of sp³-hybridized carbons (Fsp3) is 0.800. The summed E-state index contributed by atoms with van der Waals surface area (Å²) >= 11 is 0. The van der Waals surface area contributed by atoms with E-state index in [0.29, 0.717) is 0 Å². The first kappa shape index (κ1) is 21.9. The third-order valence-electron chi connectivity index (χ3n) is 2.01. The summed E-state index contributed by atoms with van der Waals surface area (Å²) in [7, 11) is 0. The summed E-state index contributed by atoms with van der Waals surface area (Å²) < 4.78 is 0. The summed E-state index contributed by atoms with van der Waals surface area (Å²) in [6, 6.07) is -1.43. The molecule has 0 rings (SSSR count). The van der Waals surface area contributed by atoms with Gasteiger partial charge in [0.05, 0.1) is 0 Å². The Balaban J connectivity index is -0.000000218. The van der Waals surface area contributed by atoms with Gasteiger partial charge in [0.2, 0.25) is 0 Å². The van der Waals surface area contributed by atoms with E-state index in [1.54, 1.807) is 27.7 Å². The molecule has 0 saturated heterocycles. The second kappa shape index (κ2) is 10.8. The Morgan fingerprint density at radius 2 is 1.00 bits per heavy atom. The average Bonchev–Trinajstić information content (AvgIpc) is 2.15. The molecular formula is C10H22N2O4Sn. The number of carboxylic acid groups (broad SMARTS) is 2. The number of carboxylic acids is 2. The first-order chi connectivity index (χ1) is 7.11. The van der Waals surface area contributed by atoms with Crippen LogP contribution in [0.4, 0.5) is 0 Å². The minimum Gasteiger partial charge on any atom is -0.480 e. The van der Waals surface area contributed by atoms with E-state index in [2.05, 4.69) is 0 Å². The van der Waals surface area contributed by atoms with Gasteiger partial charge in [-0.1, -0.05) is 27.7 Å². The Kier molecular flexibility index (Phi) is 13.9. The van der Waals surface area contributed by atoms with E-state index in [4.69, 9.17) is 21.7 Å². The van der Waals surface area contributed by atoms with Crippen molar-refractivity contribution in [1.29, 1.82) is 0 Å². The molecule has 0 aromatic heterocycles. The first-order valence-electron chi connectivity index (χ1n) is 5.08. The van der Waals surface area contributed by atoms with Crippen molar-refractivity contribution in [2.24, 2.45) is 23.3 Å². The molecule has 0 heterocycles. The molecule has 0 amide bonds. The maximum atomic E-state index is 10.0. The van der Waals surface area contributed by atoms with Crippen LogP contribution in [0, 0.1) is 11.8 Å². The van der Waals surface area contributed by atoms with E-state index < -0.39 is 24.0 Å². The van der Waals surface area contributed by atoms with Crippen LogP contribution in [-0.4, -0.2) is 58.1 Å². The molecule has 2 unspecified atom stereocenters. The van der Waals surface area contributed by atoms with Gasteiger partial charge in [-0.3, -0.25) is 9.59 Å². The molecule has 4 radical (unpaired) electrons. The van der Waals surface area contributed by atoms with Crippen LogP contribution in [0.2, 0.25) is 0 Å². The van der Waals surface area contributed by atoms with E-state index in [9.17, 15) is 9.59 Å². The Bertz CT molecular complexity index is 210. The van der Waals surface area contributed by atoms with Gasteiger partial charge >= 0.3 is 11.9 Å². The van der Waals surface area contributed by atoms with Gasteiger partial charge in [-0.05, 0) is 11.8 Å². The van der Waals surface area contributed by atoms with Crippen LogP contribution in [0.25, 0.3) is 0 Å². The van der Waals surface area contributed by atoms with Gasteiger partial charge in [0.1, 0.15) is 12.1 Å². The molecule has 100 valence electrons. The smallest absolute Gasteiger partial charge is 0.320 e. The van der Waals surface area contributed by atoms with Gasteiger partial charge in [0, 0.05) is 23.9 Å². The third kappa shape index (κ3) is 11.9. The zero-order valence-electron chi connectivity index (χ0n) is 10.7. The van der Waals surface area contributed by atoms with E-state index in [-0.39, 0.29) is 35.7 Å². The van der Waals surface area contributed by atoms with Crippen molar-refractivity contribution < 1.29 is 19.8 Å². The predicted octanol–water partition coefficient (Wildman–Crippen LogP) is -0.272. The number of hydrogen-bond acceptors (Lipinski definition) is 4. The zero-order chi connectivity index (χ0) is 13.5. The van der Waals surface area contributed by atoms with Crippen molar-refractivity contribution in [2.45, 2.75) is 39.8 Å². The monoisotopic (exact) mass is 354 g/mol. The number of carbonyl (C=O) groups is 2. The van der Waals surface area contributed by atoms with Gasteiger partial charge in [-0.25, -0.2) is 0 Å². The SMILES string of the molecule is CC(C)C(N)C(=O)O.CC(C)C(N)C(=O)O.[Sn]. The van der Waals surface area contributed by atoms with Crippen molar-refractivity contribution in [3.8, 4) is 0 Å². The quantitative estimate of drug-likeness (QED) is 0.516. The molecule has 0 bridgehead atoms. The Morgan fingerprint density at radius 1 is 0.824 bits per heavy atom. The second-order valence-corrected chi connectivity index (χ2v) is 4.22. The summed E-state index contributed by atoms with van der Waals surface area (Å²) in [6.07, 6.45) is 0. The summed E-state index contributed by atoms with van der Waals surface area (Å²) in [5, 5.41) is 16.5. The molecule has 7 heteroatoms. The van der Waals surface area contributed by atoms with Crippen molar-refractivity contribution in [2.75, 3.05) is 0 Å². The topological polar surface area (TPSA) is 127 Å². The van der Waals surface area contributed by atoms with Crippen molar-refractivity contribution >= 4 is 35.8 Å². The molecule has 0 aromatic carbocycles. The molecule has 0 aliphatic heterocycles. The van der Waals surface area contributed by atoms with E-state index in [1.807, 2.05) is 0 Å². The van der Waals surface area contributed by atoms with Gasteiger partial charge in [0.25, 0.3) is 0 Å². The Labute approximate surface area is 119 Å². The number of hydrogen-bond donors (Lipinski definition) is 4. The maximum Gasteiger partial charge on any atom is 0.320 e. The molecule has 2 atom stereocenters. The van der Waals surface area contributed by atoms with E-state index >= 15 is 0 Å². The van der Waals surface area contributed by atoms with E-state index in [1.165, 1.54) is 0 Å². The molecule has 6 nitrogen and oxygen atoms in total. The molecule has 17 heavy (non-hydrogen) atoms. The fourth-order valence-electron chi connectivity index (χ4n) is 0.570. The molecule has 0 spiro atoms. The van der Waals surface area contributed by atoms with Crippen LogP contribution >= 0.6 is 0 Å². The zero-order valence-corrected chi connectivity index (χ0v) is 13.5. The van der Waals surface area contributed by atoms with Crippen LogP contribution in [0.15, 0.2) is 0 Å². The van der Waals surface area contributed by atoms with Crippen LogP contribution in [0.5, 0.6) is 0 Å². The summed E-state index contributed by atoms with van der Waals surface area (Å²) in [4.78, 5) is 20.0. The van der Waals surface area contributed by atoms with Crippen LogP contribution < -0.4 is 11.5 Å². The predicted molar refractivity (Wildman–Crippen MR) is 66.7 cm³/mol. The van der Waals surface area contributed by atoms with Gasteiger partial charge in [-0.15, -0.1) is 0 Å². The van der Waals surface area contributed by atoms with Crippen LogP contribution in [0.1, 0.15) is 27.7 Å². The molecule has 0 aromatic rings. The van der Waals surface area contributed by atoms with Gasteiger partial charge in [-0.2, -0.15) is 0 Å². The number of nitrogens with two attached hydrogens (primary N) is 2. The number of aliphatic carboxylic acids is 2. The Morgan fingerprint density at radius 3 is 1.00 bits per heavy atom. The Hall–Kier alpha value is -0.341. The molecular weight excluding hydrogens is 331 g/mol. The minimum atomic E-state index is -0.931. The van der Waals surface area contributed by atoms with Crippen molar-refractivity contribution in [3.63, 3.8) is 0 Å². The molecule has 0 saturated carbocycles. The fourth-order valence-corrected chi connectivity index (χ4v) is 0.570. The average molecular weight is 353 g/mol. The molecule has 0 fully saturated rings. The standard InChI is InChI=1S/2C5H11NO2.Sn/c2*1-3(2)4(6)5(7)8;/h2*3-4H,6H2,1-2H3,(H,7,8);. The summed E-state index contributed by atoms with van der Waals surface area (Å²) in [5.41, 5.74) is 10.3. The maximum absolute atomic E-state index is 10.0. The second-order valence-electron chi connectivity index (χ2n) is 4.22. The molecule has 0 aliphatic rings. The van der Waals surface area contributed by atoms with Gasteiger partial charge in [0.15, 0.2) is 0 Å².